The topological polar surface area (TPSA) is 29.1 Å². The summed E-state index contributed by atoms with van der Waals surface area (Å²) in [6.45, 7) is 6.61. The van der Waals surface area contributed by atoms with Crippen molar-refractivity contribution in [1.82, 2.24) is 5.32 Å². The fraction of sp³-hybridized carbons (Fsp3) is 0.261. The van der Waals surface area contributed by atoms with Crippen molar-refractivity contribution in [2.24, 2.45) is 5.41 Å². The molecular weight excluding hydrogens is 306 g/mol. The third-order valence-electron chi connectivity index (χ3n) is 4.33. The number of carbonyl (C=O) groups is 1. The highest BCUT2D eigenvalue weighted by Crippen LogP contribution is 2.31. The van der Waals surface area contributed by atoms with Crippen LogP contribution in [0.5, 0.6) is 0 Å². The summed E-state index contributed by atoms with van der Waals surface area (Å²) in [5.41, 5.74) is 1.96. The molecule has 0 aromatic heterocycles. The average Bonchev–Trinajstić information content (AvgIpc) is 2.60. The van der Waals surface area contributed by atoms with Crippen molar-refractivity contribution in [1.29, 1.82) is 0 Å². The van der Waals surface area contributed by atoms with Gasteiger partial charge in [-0.15, -0.1) is 0 Å². The number of nitrogens with one attached hydrogen (secondary N) is 1. The van der Waals surface area contributed by atoms with Gasteiger partial charge in [-0.3, -0.25) is 4.79 Å². The molecule has 3 aromatic carbocycles. The van der Waals surface area contributed by atoms with Crippen LogP contribution in [-0.2, 0) is 0 Å². The van der Waals surface area contributed by atoms with Gasteiger partial charge >= 0.3 is 0 Å². The number of benzene rings is 3. The number of hydrogen-bond acceptors (Lipinski definition) is 1. The van der Waals surface area contributed by atoms with E-state index in [0.717, 1.165) is 12.0 Å². The molecule has 0 heterocycles. The molecule has 1 amide bonds. The number of carbonyl (C=O) groups excluding carboxylic acids is 1. The molecule has 0 radical (unpaired) electrons. The van der Waals surface area contributed by atoms with E-state index in [0.29, 0.717) is 5.56 Å². The Bertz CT molecular complexity index is 862. The van der Waals surface area contributed by atoms with Gasteiger partial charge in [0.25, 0.3) is 5.91 Å². The van der Waals surface area contributed by atoms with E-state index >= 15 is 0 Å². The molecule has 1 unspecified atom stereocenters. The van der Waals surface area contributed by atoms with E-state index in [-0.39, 0.29) is 17.4 Å². The summed E-state index contributed by atoms with van der Waals surface area (Å²) >= 11 is 0. The van der Waals surface area contributed by atoms with Gasteiger partial charge in [0.2, 0.25) is 0 Å². The highest BCUT2D eigenvalue weighted by molar-refractivity contribution is 5.94. The maximum absolute atomic E-state index is 12.7. The number of fused-ring (bicyclic) bond motifs is 1. The zero-order chi connectivity index (χ0) is 17.9. The molecule has 0 aliphatic carbocycles. The molecule has 0 saturated carbocycles. The quantitative estimate of drug-likeness (QED) is 0.648. The third kappa shape index (κ3) is 4.48. The van der Waals surface area contributed by atoms with Crippen molar-refractivity contribution in [2.45, 2.75) is 33.2 Å². The van der Waals surface area contributed by atoms with Gasteiger partial charge in [-0.2, -0.15) is 0 Å². The van der Waals surface area contributed by atoms with Crippen molar-refractivity contribution < 1.29 is 4.79 Å². The molecule has 0 fully saturated rings. The monoisotopic (exact) mass is 331 g/mol. The van der Waals surface area contributed by atoms with Crippen molar-refractivity contribution in [3.63, 3.8) is 0 Å². The first kappa shape index (κ1) is 17.2. The van der Waals surface area contributed by atoms with Crippen LogP contribution in [0.15, 0.2) is 72.8 Å². The molecule has 0 aliphatic heterocycles. The van der Waals surface area contributed by atoms with Crippen LogP contribution in [0.3, 0.4) is 0 Å². The number of amides is 1. The van der Waals surface area contributed by atoms with Crippen molar-refractivity contribution in [2.75, 3.05) is 0 Å². The first-order valence-corrected chi connectivity index (χ1v) is 8.77. The summed E-state index contributed by atoms with van der Waals surface area (Å²) in [5.74, 6) is -0.0250. The Labute approximate surface area is 149 Å². The van der Waals surface area contributed by atoms with Crippen LogP contribution in [0.1, 0.15) is 49.2 Å². The van der Waals surface area contributed by atoms with Gasteiger partial charge < -0.3 is 5.32 Å². The second-order valence-electron chi connectivity index (χ2n) is 7.76. The molecule has 0 spiro atoms. The van der Waals surface area contributed by atoms with Gasteiger partial charge in [0.05, 0.1) is 6.04 Å². The maximum atomic E-state index is 12.7. The Morgan fingerprint density at radius 1 is 0.880 bits per heavy atom. The molecule has 25 heavy (non-hydrogen) atoms. The normalized spacial score (nSPS) is 12.8. The highest BCUT2D eigenvalue weighted by atomic mass is 16.1. The molecule has 1 N–H and O–H groups in total. The lowest BCUT2D eigenvalue weighted by Gasteiger charge is -2.27. The zero-order valence-electron chi connectivity index (χ0n) is 15.1. The lowest BCUT2D eigenvalue weighted by Crippen LogP contribution is -2.31. The van der Waals surface area contributed by atoms with E-state index in [4.69, 9.17) is 0 Å². The van der Waals surface area contributed by atoms with Gasteiger partial charge in [-0.25, -0.2) is 0 Å². The van der Waals surface area contributed by atoms with Crippen molar-refractivity contribution in [3.8, 4) is 0 Å². The van der Waals surface area contributed by atoms with Crippen LogP contribution < -0.4 is 5.32 Å². The Kier molecular flexibility index (Phi) is 4.89. The molecule has 0 aliphatic rings. The lowest BCUT2D eigenvalue weighted by atomic mass is 9.85. The van der Waals surface area contributed by atoms with E-state index in [1.165, 1.54) is 10.8 Å². The second-order valence-corrected chi connectivity index (χ2v) is 7.76. The molecular formula is C23H25NO. The standard InChI is InChI=1S/C23H25NO/c1-23(2,3)16-21(24-22(25)18-10-5-4-6-11-18)20-14-13-17-9-7-8-12-19(17)15-20/h4-15,21H,16H2,1-3H3,(H,24,25). The first-order valence-electron chi connectivity index (χ1n) is 8.77. The summed E-state index contributed by atoms with van der Waals surface area (Å²) < 4.78 is 0. The fourth-order valence-electron chi connectivity index (χ4n) is 3.12. The predicted molar refractivity (Wildman–Crippen MR) is 105 cm³/mol. The lowest BCUT2D eigenvalue weighted by molar-refractivity contribution is 0.0926. The number of hydrogen-bond donors (Lipinski definition) is 1. The average molecular weight is 331 g/mol. The van der Waals surface area contributed by atoms with Gasteiger partial charge in [0, 0.05) is 5.56 Å². The van der Waals surface area contributed by atoms with Crippen LogP contribution in [0.25, 0.3) is 10.8 Å². The SMILES string of the molecule is CC(C)(C)CC(NC(=O)c1ccccc1)c1ccc2ccccc2c1. The molecule has 1 atom stereocenters. The van der Waals surface area contributed by atoms with Gasteiger partial charge in [-0.05, 0) is 46.4 Å². The molecule has 0 bridgehead atoms. The Morgan fingerprint density at radius 2 is 1.52 bits per heavy atom. The van der Waals surface area contributed by atoms with Gasteiger partial charge in [0.15, 0.2) is 0 Å². The molecule has 3 aromatic rings. The summed E-state index contributed by atoms with van der Waals surface area (Å²) in [5, 5.41) is 5.65. The van der Waals surface area contributed by atoms with E-state index < -0.39 is 0 Å². The molecule has 2 nitrogen and oxygen atoms in total. The van der Waals surface area contributed by atoms with Crippen LogP contribution >= 0.6 is 0 Å². The second kappa shape index (κ2) is 7.10. The van der Waals surface area contributed by atoms with Gasteiger partial charge in [-0.1, -0.05) is 75.4 Å². The summed E-state index contributed by atoms with van der Waals surface area (Å²) in [4.78, 5) is 12.7. The Balaban J connectivity index is 1.91. The summed E-state index contributed by atoms with van der Waals surface area (Å²) in [7, 11) is 0. The minimum Gasteiger partial charge on any atom is -0.345 e. The largest absolute Gasteiger partial charge is 0.345 e. The van der Waals surface area contributed by atoms with E-state index in [1.807, 2.05) is 42.5 Å². The maximum Gasteiger partial charge on any atom is 0.251 e. The van der Waals surface area contributed by atoms with E-state index in [9.17, 15) is 4.79 Å². The smallest absolute Gasteiger partial charge is 0.251 e. The molecule has 2 heteroatoms. The molecule has 0 saturated heterocycles. The van der Waals surface area contributed by atoms with Crippen LogP contribution in [-0.4, -0.2) is 5.91 Å². The predicted octanol–water partition coefficient (Wildman–Crippen LogP) is 5.75. The Hall–Kier alpha value is -2.61. The fourth-order valence-corrected chi connectivity index (χ4v) is 3.12. The first-order chi connectivity index (χ1) is 11.9. The zero-order valence-corrected chi connectivity index (χ0v) is 15.1. The van der Waals surface area contributed by atoms with Crippen LogP contribution in [0, 0.1) is 5.41 Å². The van der Waals surface area contributed by atoms with E-state index in [2.05, 4.69) is 56.4 Å². The summed E-state index contributed by atoms with van der Waals surface area (Å²) in [6, 6.07) is 24.2. The minimum absolute atomic E-state index is 0.0164. The molecule has 3 rings (SSSR count). The van der Waals surface area contributed by atoms with Crippen molar-refractivity contribution in [3.05, 3.63) is 83.9 Å². The number of rotatable bonds is 4. The third-order valence-corrected chi connectivity index (χ3v) is 4.33. The summed E-state index contributed by atoms with van der Waals surface area (Å²) in [6.07, 6.45) is 0.879. The Morgan fingerprint density at radius 3 is 2.20 bits per heavy atom. The van der Waals surface area contributed by atoms with Crippen LogP contribution in [0.2, 0.25) is 0 Å². The van der Waals surface area contributed by atoms with Crippen molar-refractivity contribution >= 4 is 16.7 Å². The van der Waals surface area contributed by atoms with Crippen LogP contribution in [0.4, 0.5) is 0 Å². The van der Waals surface area contributed by atoms with E-state index in [1.54, 1.807) is 0 Å². The van der Waals surface area contributed by atoms with Gasteiger partial charge in [0.1, 0.15) is 0 Å². The molecule has 128 valence electrons. The minimum atomic E-state index is -0.0250. The highest BCUT2D eigenvalue weighted by Gasteiger charge is 2.22.